The van der Waals surface area contributed by atoms with E-state index in [0.29, 0.717) is 0 Å². The quantitative estimate of drug-likeness (QED) is 0.174. The van der Waals surface area contributed by atoms with Crippen molar-refractivity contribution in [3.63, 3.8) is 0 Å². The lowest BCUT2D eigenvalue weighted by Gasteiger charge is -2.40. The predicted octanol–water partition coefficient (Wildman–Crippen LogP) is 10.5. The molecule has 0 bridgehead atoms. The molecule has 0 saturated heterocycles. The van der Waals surface area contributed by atoms with Gasteiger partial charge >= 0.3 is 0 Å². The van der Waals surface area contributed by atoms with E-state index in [1.54, 1.807) is 0 Å². The molecule has 50 heavy (non-hydrogen) atoms. The first kappa shape index (κ1) is 30.1. The predicted molar refractivity (Wildman–Crippen MR) is 211 cm³/mol. The van der Waals surface area contributed by atoms with Crippen LogP contribution in [-0.2, 0) is 0 Å². The van der Waals surface area contributed by atoms with Crippen LogP contribution in [0.2, 0.25) is 0 Å². The maximum atomic E-state index is 7.20. The molecule has 7 aromatic rings. The molecule has 0 radical (unpaired) electrons. The van der Waals surface area contributed by atoms with Crippen molar-refractivity contribution in [2.45, 2.75) is 27.7 Å². The van der Waals surface area contributed by atoms with Crippen LogP contribution in [0.5, 0.6) is 11.5 Å². The Morgan fingerprint density at radius 3 is 1.78 bits per heavy atom. The molecule has 7 aromatic carbocycles. The van der Waals surface area contributed by atoms with Crippen LogP contribution in [0.1, 0.15) is 22.3 Å². The molecule has 0 fully saturated rings. The molecule has 2 aliphatic rings. The SMILES string of the molecule is Cc1ccc(N(c2ccc(C)c(C)c2)c2ccc3c(c2)Oc2c(-c4ccccc4)ccc4c2B3c2ccccc2N4c2ccccc2)cc1C. The Labute approximate surface area is 295 Å². The summed E-state index contributed by atoms with van der Waals surface area (Å²) in [5.41, 5.74) is 17.8. The largest absolute Gasteiger partial charge is 0.458 e. The van der Waals surface area contributed by atoms with E-state index >= 15 is 0 Å². The smallest absolute Gasteiger partial charge is 0.256 e. The van der Waals surface area contributed by atoms with Crippen molar-refractivity contribution in [1.82, 2.24) is 0 Å². The molecule has 2 heterocycles. The average Bonchev–Trinajstić information content (AvgIpc) is 3.15. The highest BCUT2D eigenvalue weighted by Crippen LogP contribution is 2.45. The number of para-hydroxylation sites is 2. The van der Waals surface area contributed by atoms with E-state index in [1.165, 1.54) is 44.3 Å². The van der Waals surface area contributed by atoms with Gasteiger partial charge in [-0.3, -0.25) is 0 Å². The first-order valence-corrected chi connectivity index (χ1v) is 17.4. The van der Waals surface area contributed by atoms with Gasteiger partial charge in [-0.1, -0.05) is 84.9 Å². The van der Waals surface area contributed by atoms with Gasteiger partial charge in [-0.2, -0.15) is 0 Å². The maximum absolute atomic E-state index is 7.20. The van der Waals surface area contributed by atoms with Crippen molar-refractivity contribution in [3.8, 4) is 22.6 Å². The van der Waals surface area contributed by atoms with Crippen molar-refractivity contribution in [1.29, 1.82) is 0 Å². The molecule has 0 saturated carbocycles. The molecule has 0 spiro atoms. The Bertz CT molecular complexity index is 2370. The Kier molecular flexibility index (Phi) is 7.13. The van der Waals surface area contributed by atoms with Crippen molar-refractivity contribution in [2.75, 3.05) is 9.80 Å². The fourth-order valence-corrected chi connectivity index (χ4v) is 7.69. The number of rotatable bonds is 5. The van der Waals surface area contributed by atoms with E-state index in [0.717, 1.165) is 51.1 Å². The zero-order chi connectivity index (χ0) is 33.9. The van der Waals surface area contributed by atoms with Crippen LogP contribution in [0.15, 0.2) is 152 Å². The molecule has 0 aromatic heterocycles. The standard InChI is InChI=1S/C46H37BN2O/c1-30-19-21-36(27-32(30)3)48(37-22-20-31(2)33(4)28-37)38-23-25-41-44(29-38)50-46-39(34-13-7-5-8-14-34)24-26-43-45(46)47(41)40-17-11-12-18-42(40)49(43)35-15-9-6-10-16-35/h5-29H,1-4H3. The second-order valence-corrected chi connectivity index (χ2v) is 13.6. The van der Waals surface area contributed by atoms with Gasteiger partial charge in [-0.25, -0.2) is 0 Å². The average molecular weight is 645 g/mol. The molecule has 9 rings (SSSR count). The number of hydrogen-bond acceptors (Lipinski definition) is 3. The third-order valence-electron chi connectivity index (χ3n) is 10.6. The summed E-state index contributed by atoms with van der Waals surface area (Å²) in [6.45, 7) is 8.72. The lowest BCUT2D eigenvalue weighted by atomic mass is 9.34. The monoisotopic (exact) mass is 644 g/mol. The Balaban J connectivity index is 1.28. The lowest BCUT2D eigenvalue weighted by molar-refractivity contribution is 0.489. The Morgan fingerprint density at radius 2 is 1.10 bits per heavy atom. The highest BCUT2D eigenvalue weighted by atomic mass is 16.5. The molecular formula is C46H37BN2O. The summed E-state index contributed by atoms with van der Waals surface area (Å²) in [4.78, 5) is 4.75. The van der Waals surface area contributed by atoms with Crippen LogP contribution in [-0.4, -0.2) is 6.71 Å². The van der Waals surface area contributed by atoms with Crippen LogP contribution in [0.3, 0.4) is 0 Å². The summed E-state index contributed by atoms with van der Waals surface area (Å²) in [5, 5.41) is 0. The number of benzene rings is 7. The summed E-state index contributed by atoms with van der Waals surface area (Å²) in [6.07, 6.45) is 0. The van der Waals surface area contributed by atoms with E-state index in [4.69, 9.17) is 4.74 Å². The van der Waals surface area contributed by atoms with Gasteiger partial charge in [-0.05, 0) is 133 Å². The molecule has 0 aliphatic carbocycles. The maximum Gasteiger partial charge on any atom is 0.256 e. The number of fused-ring (bicyclic) bond motifs is 4. The van der Waals surface area contributed by atoms with Gasteiger partial charge in [0.25, 0.3) is 6.71 Å². The molecule has 0 N–H and O–H groups in total. The number of anilines is 6. The van der Waals surface area contributed by atoms with Gasteiger partial charge in [-0.15, -0.1) is 0 Å². The molecule has 4 heteroatoms. The summed E-state index contributed by atoms with van der Waals surface area (Å²) in [6, 6.07) is 54.9. The first-order valence-electron chi connectivity index (χ1n) is 17.4. The van der Waals surface area contributed by atoms with E-state index in [1.807, 2.05) is 0 Å². The first-order chi connectivity index (χ1) is 24.5. The van der Waals surface area contributed by atoms with Crippen LogP contribution in [0, 0.1) is 27.7 Å². The lowest BCUT2D eigenvalue weighted by Crippen LogP contribution is -2.59. The fraction of sp³-hybridized carbons (Fsp3) is 0.0870. The van der Waals surface area contributed by atoms with Crippen LogP contribution in [0.4, 0.5) is 34.1 Å². The van der Waals surface area contributed by atoms with Crippen molar-refractivity contribution >= 4 is 57.2 Å². The summed E-state index contributed by atoms with van der Waals surface area (Å²) in [5.74, 6) is 1.80. The second kappa shape index (κ2) is 11.9. The number of nitrogens with zero attached hydrogens (tertiary/aromatic N) is 2. The summed E-state index contributed by atoms with van der Waals surface area (Å²) >= 11 is 0. The van der Waals surface area contributed by atoms with E-state index in [-0.39, 0.29) is 6.71 Å². The van der Waals surface area contributed by atoms with Crippen LogP contribution in [0.25, 0.3) is 11.1 Å². The molecule has 3 nitrogen and oxygen atoms in total. The topological polar surface area (TPSA) is 15.7 Å². The fourth-order valence-electron chi connectivity index (χ4n) is 7.69. The van der Waals surface area contributed by atoms with Crippen molar-refractivity contribution in [3.05, 3.63) is 174 Å². The molecule has 0 unspecified atom stereocenters. The van der Waals surface area contributed by atoms with Gasteiger partial charge in [0, 0.05) is 45.8 Å². The highest BCUT2D eigenvalue weighted by molar-refractivity contribution is 6.99. The number of ether oxygens (including phenoxy) is 1. The number of hydrogen-bond donors (Lipinski definition) is 0. The van der Waals surface area contributed by atoms with Crippen LogP contribution < -0.4 is 30.9 Å². The minimum atomic E-state index is 0.00862. The second-order valence-electron chi connectivity index (χ2n) is 13.6. The molecule has 240 valence electrons. The number of aryl methyl sites for hydroxylation is 4. The van der Waals surface area contributed by atoms with E-state index < -0.39 is 0 Å². The minimum Gasteiger partial charge on any atom is -0.458 e. The van der Waals surface area contributed by atoms with Gasteiger partial charge in [0.1, 0.15) is 11.5 Å². The molecule has 0 amide bonds. The molecule has 0 atom stereocenters. The van der Waals surface area contributed by atoms with Gasteiger partial charge in [0.2, 0.25) is 0 Å². The summed E-state index contributed by atoms with van der Waals surface area (Å²) in [7, 11) is 0. The normalized spacial score (nSPS) is 12.5. The Morgan fingerprint density at radius 1 is 0.500 bits per heavy atom. The van der Waals surface area contributed by atoms with Gasteiger partial charge < -0.3 is 14.5 Å². The third kappa shape index (κ3) is 4.82. The van der Waals surface area contributed by atoms with Crippen LogP contribution >= 0.6 is 0 Å². The third-order valence-corrected chi connectivity index (χ3v) is 10.6. The summed E-state index contributed by atoms with van der Waals surface area (Å²) < 4.78 is 7.20. The minimum absolute atomic E-state index is 0.00862. The van der Waals surface area contributed by atoms with Crippen molar-refractivity contribution in [2.24, 2.45) is 0 Å². The zero-order valence-corrected chi connectivity index (χ0v) is 28.8. The van der Waals surface area contributed by atoms with E-state index in [9.17, 15) is 0 Å². The zero-order valence-electron chi connectivity index (χ0n) is 28.8. The molecule has 2 aliphatic heterocycles. The van der Waals surface area contributed by atoms with E-state index in [2.05, 4.69) is 189 Å². The highest BCUT2D eigenvalue weighted by Gasteiger charge is 2.42. The van der Waals surface area contributed by atoms with Gasteiger partial charge in [0.15, 0.2) is 0 Å². The Hall–Kier alpha value is -6.00. The molecular weight excluding hydrogens is 607 g/mol. The van der Waals surface area contributed by atoms with Gasteiger partial charge in [0.05, 0.1) is 0 Å². The van der Waals surface area contributed by atoms with Crippen molar-refractivity contribution < 1.29 is 4.74 Å².